The number of nitro groups is 1. The summed E-state index contributed by atoms with van der Waals surface area (Å²) in [6.45, 7) is 1.48. The van der Waals surface area contributed by atoms with E-state index < -0.39 is 4.92 Å². The van der Waals surface area contributed by atoms with Crippen LogP contribution in [0.15, 0.2) is 22.7 Å². The summed E-state index contributed by atoms with van der Waals surface area (Å²) >= 11 is 3.15. The van der Waals surface area contributed by atoms with Crippen LogP contribution in [0.4, 0.5) is 5.69 Å². The predicted octanol–water partition coefficient (Wildman–Crippen LogP) is 1.06. The second-order valence-electron chi connectivity index (χ2n) is 3.78. The number of carbonyl (C=O) groups is 1. The van der Waals surface area contributed by atoms with E-state index in [1.54, 1.807) is 6.07 Å². The number of nitrogens with one attached hydrogen (secondary N) is 2. The third-order valence-corrected chi connectivity index (χ3v) is 2.93. The third-order valence-electron chi connectivity index (χ3n) is 2.47. The fourth-order valence-corrected chi connectivity index (χ4v) is 1.95. The van der Waals surface area contributed by atoms with Gasteiger partial charge in [-0.3, -0.25) is 14.9 Å². The van der Waals surface area contributed by atoms with Gasteiger partial charge in [-0.05, 0) is 6.07 Å². The van der Waals surface area contributed by atoms with Gasteiger partial charge in [-0.1, -0.05) is 15.9 Å². The number of non-ortho nitro benzene ring substituents is 1. The lowest BCUT2D eigenvalue weighted by Gasteiger charge is -2.27. The number of nitro benzene ring substituents is 1. The quantitative estimate of drug-likeness (QED) is 0.646. The molecular formula is C10H10BrN3O3. The summed E-state index contributed by atoms with van der Waals surface area (Å²) in [5.74, 6) is -0.291. The summed E-state index contributed by atoms with van der Waals surface area (Å²) in [5, 5.41) is 16.5. The predicted molar refractivity (Wildman–Crippen MR) is 64.9 cm³/mol. The molecule has 6 nitrogen and oxygen atoms in total. The van der Waals surface area contributed by atoms with Crippen molar-refractivity contribution >= 4 is 27.5 Å². The van der Waals surface area contributed by atoms with Crippen LogP contribution in [0, 0.1) is 10.1 Å². The highest BCUT2D eigenvalue weighted by Gasteiger charge is 2.21. The first kappa shape index (κ1) is 12.0. The van der Waals surface area contributed by atoms with Crippen molar-refractivity contribution in [2.24, 2.45) is 0 Å². The molecule has 0 unspecified atom stereocenters. The molecule has 0 spiro atoms. The second-order valence-corrected chi connectivity index (χ2v) is 4.70. The molecule has 0 saturated carbocycles. The molecule has 1 saturated heterocycles. The third kappa shape index (κ3) is 2.80. The Morgan fingerprint density at radius 2 is 2.18 bits per heavy atom. The molecule has 1 aromatic rings. The Morgan fingerprint density at radius 3 is 2.71 bits per heavy atom. The molecule has 1 fully saturated rings. The van der Waals surface area contributed by atoms with Crippen molar-refractivity contribution in [1.29, 1.82) is 0 Å². The molecule has 1 aromatic carbocycles. The van der Waals surface area contributed by atoms with Crippen molar-refractivity contribution in [3.63, 3.8) is 0 Å². The minimum Gasteiger partial charge on any atom is -0.347 e. The molecule has 17 heavy (non-hydrogen) atoms. The lowest BCUT2D eigenvalue weighted by molar-refractivity contribution is -0.385. The average molecular weight is 300 g/mol. The zero-order valence-corrected chi connectivity index (χ0v) is 10.4. The molecule has 1 amide bonds. The van der Waals surface area contributed by atoms with Gasteiger partial charge in [0.15, 0.2) is 0 Å². The van der Waals surface area contributed by atoms with Crippen LogP contribution in [0.5, 0.6) is 0 Å². The maximum Gasteiger partial charge on any atom is 0.271 e. The van der Waals surface area contributed by atoms with Crippen molar-refractivity contribution in [3.05, 3.63) is 38.3 Å². The molecular weight excluding hydrogens is 290 g/mol. The zero-order valence-electron chi connectivity index (χ0n) is 8.77. The Balaban J connectivity index is 2.18. The van der Waals surface area contributed by atoms with Crippen LogP contribution in [0.1, 0.15) is 10.4 Å². The van der Waals surface area contributed by atoms with E-state index in [-0.39, 0.29) is 23.2 Å². The van der Waals surface area contributed by atoms with Crippen LogP contribution in [-0.2, 0) is 0 Å². The van der Waals surface area contributed by atoms with Crippen LogP contribution in [0.2, 0.25) is 0 Å². The molecule has 0 radical (unpaired) electrons. The summed E-state index contributed by atoms with van der Waals surface area (Å²) in [7, 11) is 0. The van der Waals surface area contributed by atoms with Gasteiger partial charge >= 0.3 is 0 Å². The first-order valence-corrected chi connectivity index (χ1v) is 5.82. The van der Waals surface area contributed by atoms with Crippen LogP contribution in [-0.4, -0.2) is 30.0 Å². The maximum absolute atomic E-state index is 11.8. The number of nitrogens with zero attached hydrogens (tertiary/aromatic N) is 1. The van der Waals surface area contributed by atoms with Crippen molar-refractivity contribution in [1.82, 2.24) is 10.6 Å². The topological polar surface area (TPSA) is 84.3 Å². The van der Waals surface area contributed by atoms with E-state index in [0.29, 0.717) is 4.47 Å². The highest BCUT2D eigenvalue weighted by Crippen LogP contribution is 2.21. The molecule has 1 aliphatic heterocycles. The van der Waals surface area contributed by atoms with E-state index in [0.717, 1.165) is 13.1 Å². The van der Waals surface area contributed by atoms with Crippen molar-refractivity contribution in [2.75, 3.05) is 13.1 Å². The Morgan fingerprint density at radius 1 is 1.47 bits per heavy atom. The highest BCUT2D eigenvalue weighted by atomic mass is 79.9. The van der Waals surface area contributed by atoms with Gasteiger partial charge in [-0.15, -0.1) is 0 Å². The van der Waals surface area contributed by atoms with E-state index >= 15 is 0 Å². The van der Waals surface area contributed by atoms with Gasteiger partial charge in [0.25, 0.3) is 11.6 Å². The fourth-order valence-electron chi connectivity index (χ4n) is 1.47. The lowest BCUT2D eigenvalue weighted by atomic mass is 10.1. The minimum atomic E-state index is -0.521. The Hall–Kier alpha value is -1.47. The molecule has 1 aliphatic rings. The summed E-state index contributed by atoms with van der Waals surface area (Å²) in [6.07, 6.45) is 0. The number of hydrogen-bond donors (Lipinski definition) is 2. The van der Waals surface area contributed by atoms with Crippen molar-refractivity contribution in [3.8, 4) is 0 Å². The number of halogens is 1. The summed E-state index contributed by atoms with van der Waals surface area (Å²) in [4.78, 5) is 21.9. The van der Waals surface area contributed by atoms with E-state index in [9.17, 15) is 14.9 Å². The first-order valence-electron chi connectivity index (χ1n) is 5.03. The van der Waals surface area contributed by atoms with Crippen LogP contribution in [0.25, 0.3) is 0 Å². The maximum atomic E-state index is 11.8. The van der Waals surface area contributed by atoms with E-state index in [1.165, 1.54) is 12.1 Å². The lowest BCUT2D eigenvalue weighted by Crippen LogP contribution is -2.56. The van der Waals surface area contributed by atoms with Gasteiger partial charge in [-0.25, -0.2) is 0 Å². The number of rotatable bonds is 3. The van der Waals surface area contributed by atoms with Crippen molar-refractivity contribution < 1.29 is 9.72 Å². The van der Waals surface area contributed by atoms with E-state index in [2.05, 4.69) is 26.6 Å². The Labute approximate surface area is 106 Å². The van der Waals surface area contributed by atoms with Gasteiger partial charge in [0.1, 0.15) is 0 Å². The molecule has 0 bridgehead atoms. The van der Waals surface area contributed by atoms with Crippen LogP contribution < -0.4 is 10.6 Å². The van der Waals surface area contributed by atoms with Crippen molar-refractivity contribution in [2.45, 2.75) is 6.04 Å². The SMILES string of the molecule is O=C(NC1CNC1)c1cc(Br)cc([N+](=O)[O-])c1. The first-order chi connectivity index (χ1) is 8.06. The Kier molecular flexibility index (Phi) is 3.39. The number of hydrogen-bond acceptors (Lipinski definition) is 4. The second kappa shape index (κ2) is 4.80. The number of benzene rings is 1. The van der Waals surface area contributed by atoms with Crippen LogP contribution in [0.3, 0.4) is 0 Å². The molecule has 0 aromatic heterocycles. The Bertz CT molecular complexity index is 474. The van der Waals surface area contributed by atoms with Gasteiger partial charge in [0.05, 0.1) is 11.0 Å². The van der Waals surface area contributed by atoms with Gasteiger partial charge < -0.3 is 10.6 Å². The molecule has 0 atom stereocenters. The molecule has 2 rings (SSSR count). The monoisotopic (exact) mass is 299 g/mol. The van der Waals surface area contributed by atoms with Crippen LogP contribution >= 0.6 is 15.9 Å². The van der Waals surface area contributed by atoms with Gasteiger partial charge in [-0.2, -0.15) is 0 Å². The molecule has 2 N–H and O–H groups in total. The molecule has 0 aliphatic carbocycles. The zero-order chi connectivity index (χ0) is 12.4. The smallest absolute Gasteiger partial charge is 0.271 e. The normalized spacial score (nSPS) is 15.1. The average Bonchev–Trinajstić information content (AvgIpc) is 2.22. The number of amides is 1. The fraction of sp³-hybridized carbons (Fsp3) is 0.300. The van der Waals surface area contributed by atoms with Gasteiger partial charge in [0, 0.05) is 35.3 Å². The summed E-state index contributed by atoms with van der Waals surface area (Å²) < 4.78 is 0.517. The summed E-state index contributed by atoms with van der Waals surface area (Å²) in [6, 6.07) is 4.31. The minimum absolute atomic E-state index is 0.101. The highest BCUT2D eigenvalue weighted by molar-refractivity contribution is 9.10. The summed E-state index contributed by atoms with van der Waals surface area (Å²) in [5.41, 5.74) is 0.189. The number of carbonyl (C=O) groups excluding carboxylic acids is 1. The largest absolute Gasteiger partial charge is 0.347 e. The molecule has 7 heteroatoms. The van der Waals surface area contributed by atoms with Gasteiger partial charge in [0.2, 0.25) is 0 Å². The standard InChI is InChI=1S/C10H10BrN3O3/c11-7-1-6(2-9(3-7)14(16)17)10(15)13-8-4-12-5-8/h1-3,8,12H,4-5H2,(H,13,15). The molecule has 90 valence electrons. The van der Waals surface area contributed by atoms with E-state index in [4.69, 9.17) is 0 Å². The van der Waals surface area contributed by atoms with E-state index in [1.807, 2.05) is 0 Å². The molecule has 1 heterocycles.